The molecular formula is C28H26FN3O5. The highest BCUT2D eigenvalue weighted by Crippen LogP contribution is 2.27. The lowest BCUT2D eigenvalue weighted by molar-refractivity contribution is -0.118. The number of benzene rings is 3. The maximum atomic E-state index is 12.9. The Hall–Kier alpha value is -4.84. The van der Waals surface area contributed by atoms with Crippen LogP contribution in [0.25, 0.3) is 6.08 Å². The molecular weight excluding hydrogens is 477 g/mol. The summed E-state index contributed by atoms with van der Waals surface area (Å²) in [6.45, 7) is 0.0958. The van der Waals surface area contributed by atoms with Crippen LogP contribution in [0, 0.1) is 17.1 Å². The number of ether oxygens (including phenoxy) is 3. The zero-order valence-electron chi connectivity index (χ0n) is 20.4. The molecule has 0 spiro atoms. The Morgan fingerprint density at radius 2 is 1.68 bits per heavy atom. The van der Waals surface area contributed by atoms with E-state index in [4.69, 9.17) is 14.2 Å². The second-order valence-corrected chi connectivity index (χ2v) is 7.78. The minimum absolute atomic E-state index is 0.0420. The highest BCUT2D eigenvalue weighted by Gasteiger charge is 2.10. The zero-order chi connectivity index (χ0) is 26.6. The lowest BCUT2D eigenvalue weighted by Gasteiger charge is -2.10. The van der Waals surface area contributed by atoms with Crippen LogP contribution < -0.4 is 24.8 Å². The summed E-state index contributed by atoms with van der Waals surface area (Å²) in [5.74, 6) is 0.381. The third kappa shape index (κ3) is 8.11. The largest absolute Gasteiger partial charge is 0.493 e. The first-order chi connectivity index (χ1) is 17.9. The van der Waals surface area contributed by atoms with Crippen LogP contribution in [-0.2, 0) is 16.0 Å². The molecule has 2 amide bonds. The minimum Gasteiger partial charge on any atom is -0.493 e. The van der Waals surface area contributed by atoms with Crippen LogP contribution in [0.4, 0.5) is 10.1 Å². The highest BCUT2D eigenvalue weighted by atomic mass is 19.1. The third-order valence-corrected chi connectivity index (χ3v) is 5.20. The molecule has 0 radical (unpaired) electrons. The molecule has 0 bridgehead atoms. The Bertz CT molecular complexity index is 1300. The van der Waals surface area contributed by atoms with Gasteiger partial charge < -0.3 is 24.8 Å². The molecule has 0 heterocycles. The SMILES string of the molecule is COc1ccc(CCNC(=O)/C(C#N)=C/c2ccc(OCC(=O)Nc3ccc(F)cc3)cc2)cc1OC. The van der Waals surface area contributed by atoms with Crippen molar-refractivity contribution in [2.24, 2.45) is 0 Å². The molecule has 0 aromatic heterocycles. The molecule has 9 heteroatoms. The maximum Gasteiger partial charge on any atom is 0.262 e. The van der Waals surface area contributed by atoms with E-state index in [9.17, 15) is 19.2 Å². The van der Waals surface area contributed by atoms with Crippen LogP contribution in [0.2, 0.25) is 0 Å². The topological polar surface area (TPSA) is 110 Å². The summed E-state index contributed by atoms with van der Waals surface area (Å²) in [6, 6.07) is 19.4. The lowest BCUT2D eigenvalue weighted by Crippen LogP contribution is -2.26. The second kappa shape index (κ2) is 13.3. The number of methoxy groups -OCH3 is 2. The van der Waals surface area contributed by atoms with E-state index < -0.39 is 17.6 Å². The maximum absolute atomic E-state index is 12.9. The van der Waals surface area contributed by atoms with Gasteiger partial charge in [-0.2, -0.15) is 5.26 Å². The molecule has 0 atom stereocenters. The fourth-order valence-corrected chi connectivity index (χ4v) is 3.31. The van der Waals surface area contributed by atoms with Crippen molar-refractivity contribution in [1.82, 2.24) is 5.32 Å². The Balaban J connectivity index is 1.50. The van der Waals surface area contributed by atoms with Crippen molar-refractivity contribution in [2.75, 3.05) is 32.7 Å². The van der Waals surface area contributed by atoms with Crippen LogP contribution in [0.3, 0.4) is 0 Å². The molecule has 0 aliphatic heterocycles. The van der Waals surface area contributed by atoms with Crippen molar-refractivity contribution in [3.8, 4) is 23.3 Å². The molecule has 190 valence electrons. The molecule has 0 aliphatic carbocycles. The van der Waals surface area contributed by atoms with Gasteiger partial charge in [0.05, 0.1) is 14.2 Å². The van der Waals surface area contributed by atoms with E-state index in [-0.39, 0.29) is 12.2 Å². The van der Waals surface area contributed by atoms with Crippen LogP contribution in [0.5, 0.6) is 17.2 Å². The van der Waals surface area contributed by atoms with Gasteiger partial charge in [0.25, 0.3) is 11.8 Å². The third-order valence-electron chi connectivity index (χ3n) is 5.20. The molecule has 0 saturated heterocycles. The van der Waals surface area contributed by atoms with Gasteiger partial charge in [0, 0.05) is 12.2 Å². The van der Waals surface area contributed by atoms with Crippen molar-refractivity contribution in [1.29, 1.82) is 5.26 Å². The summed E-state index contributed by atoms with van der Waals surface area (Å²) in [5.41, 5.74) is 1.98. The first-order valence-electron chi connectivity index (χ1n) is 11.3. The van der Waals surface area contributed by atoms with Crippen molar-refractivity contribution < 1.29 is 28.2 Å². The molecule has 3 aromatic rings. The average Bonchev–Trinajstić information content (AvgIpc) is 2.92. The quantitative estimate of drug-likeness (QED) is 0.301. The van der Waals surface area contributed by atoms with Crippen LogP contribution >= 0.6 is 0 Å². The molecule has 0 aliphatic rings. The number of rotatable bonds is 11. The Labute approximate surface area is 214 Å². The zero-order valence-corrected chi connectivity index (χ0v) is 20.4. The van der Waals surface area contributed by atoms with Crippen LogP contribution in [0.1, 0.15) is 11.1 Å². The second-order valence-electron chi connectivity index (χ2n) is 7.78. The Morgan fingerprint density at radius 3 is 2.32 bits per heavy atom. The Kier molecular flexibility index (Phi) is 9.62. The van der Waals surface area contributed by atoms with Crippen molar-refractivity contribution in [3.63, 3.8) is 0 Å². The minimum atomic E-state index is -0.485. The molecule has 0 saturated carbocycles. The van der Waals surface area contributed by atoms with Gasteiger partial charge >= 0.3 is 0 Å². The van der Waals surface area contributed by atoms with E-state index in [0.717, 1.165) is 5.56 Å². The number of nitrogens with one attached hydrogen (secondary N) is 2. The lowest BCUT2D eigenvalue weighted by atomic mass is 10.1. The predicted molar refractivity (Wildman–Crippen MR) is 137 cm³/mol. The fourth-order valence-electron chi connectivity index (χ4n) is 3.31. The normalized spacial score (nSPS) is 10.7. The number of anilines is 1. The number of hydrogen-bond acceptors (Lipinski definition) is 6. The van der Waals surface area contributed by atoms with E-state index in [2.05, 4.69) is 10.6 Å². The first kappa shape index (κ1) is 26.8. The highest BCUT2D eigenvalue weighted by molar-refractivity contribution is 6.01. The summed E-state index contributed by atoms with van der Waals surface area (Å²) < 4.78 is 28.9. The van der Waals surface area contributed by atoms with Crippen molar-refractivity contribution in [3.05, 3.63) is 89.2 Å². The Morgan fingerprint density at radius 1 is 0.973 bits per heavy atom. The fraction of sp³-hybridized carbons (Fsp3) is 0.179. The molecule has 3 rings (SSSR count). The number of nitrogens with zero attached hydrogens (tertiary/aromatic N) is 1. The van der Waals surface area contributed by atoms with Crippen molar-refractivity contribution in [2.45, 2.75) is 6.42 Å². The van der Waals surface area contributed by atoms with Gasteiger partial charge in [0.15, 0.2) is 18.1 Å². The first-order valence-corrected chi connectivity index (χ1v) is 11.3. The summed E-state index contributed by atoms with van der Waals surface area (Å²) in [5, 5.41) is 14.8. The van der Waals surface area contributed by atoms with Crippen molar-refractivity contribution >= 4 is 23.6 Å². The number of carbonyl (C=O) groups is 2. The molecule has 0 fully saturated rings. The van der Waals surface area contributed by atoms with E-state index >= 15 is 0 Å². The summed E-state index contributed by atoms with van der Waals surface area (Å²) >= 11 is 0. The number of nitriles is 1. The molecule has 37 heavy (non-hydrogen) atoms. The van der Waals surface area contributed by atoms with E-state index in [1.54, 1.807) is 44.6 Å². The molecule has 3 aromatic carbocycles. The van der Waals surface area contributed by atoms with Gasteiger partial charge in [-0.25, -0.2) is 4.39 Å². The van der Waals surface area contributed by atoms with E-state index in [1.807, 2.05) is 18.2 Å². The summed E-state index contributed by atoms with van der Waals surface area (Å²) in [7, 11) is 3.11. The van der Waals surface area contributed by atoms with Gasteiger partial charge in [0.2, 0.25) is 0 Å². The number of hydrogen-bond donors (Lipinski definition) is 2. The standard InChI is InChI=1S/C28H26FN3O5/c1-35-25-12-5-20(16-26(25)36-2)13-14-31-28(34)21(17-30)15-19-3-10-24(11-4-19)37-18-27(33)32-23-8-6-22(29)7-9-23/h3-12,15-16H,13-14,18H2,1-2H3,(H,31,34)(H,32,33)/b21-15+. The predicted octanol–water partition coefficient (Wildman–Crippen LogP) is 4.13. The van der Waals surface area contributed by atoms with Gasteiger partial charge in [-0.05, 0) is 72.2 Å². The van der Waals surface area contributed by atoms with Crippen LogP contribution in [0.15, 0.2) is 72.3 Å². The molecule has 8 nitrogen and oxygen atoms in total. The average molecular weight is 504 g/mol. The van der Waals surface area contributed by atoms with Gasteiger partial charge in [-0.15, -0.1) is 0 Å². The van der Waals surface area contributed by atoms with Gasteiger partial charge in [-0.1, -0.05) is 18.2 Å². The smallest absolute Gasteiger partial charge is 0.262 e. The number of amides is 2. The summed E-state index contributed by atoms with van der Waals surface area (Å²) in [6.07, 6.45) is 2.02. The van der Waals surface area contributed by atoms with E-state index in [1.165, 1.54) is 30.3 Å². The summed E-state index contributed by atoms with van der Waals surface area (Å²) in [4.78, 5) is 24.5. The van der Waals surface area contributed by atoms with E-state index in [0.29, 0.717) is 41.5 Å². The van der Waals surface area contributed by atoms with Gasteiger partial charge in [-0.3, -0.25) is 9.59 Å². The molecule has 2 N–H and O–H groups in total. The monoisotopic (exact) mass is 503 g/mol. The van der Waals surface area contributed by atoms with Gasteiger partial charge in [0.1, 0.15) is 23.2 Å². The molecule has 0 unspecified atom stereocenters. The number of halogens is 1. The number of carbonyl (C=O) groups excluding carboxylic acids is 2. The van der Waals surface area contributed by atoms with Crippen LogP contribution in [-0.4, -0.2) is 39.2 Å².